The molecule has 0 aliphatic carbocycles. The van der Waals surface area contributed by atoms with E-state index in [9.17, 15) is 4.79 Å². The van der Waals surface area contributed by atoms with Crippen LogP contribution in [0.3, 0.4) is 0 Å². The molecule has 0 saturated carbocycles. The molecule has 0 fully saturated rings. The van der Waals surface area contributed by atoms with E-state index in [4.69, 9.17) is 32.7 Å². The molecule has 2 aromatic rings. The van der Waals surface area contributed by atoms with E-state index in [0.717, 1.165) is 22.6 Å². The van der Waals surface area contributed by atoms with E-state index in [1.54, 1.807) is 11.0 Å². The second-order valence-electron chi connectivity index (χ2n) is 5.96. The fraction of sp³-hybridized carbons (Fsp3) is 0.316. The van der Waals surface area contributed by atoms with Crippen LogP contribution >= 0.6 is 23.2 Å². The van der Waals surface area contributed by atoms with Gasteiger partial charge in [0.15, 0.2) is 11.5 Å². The van der Waals surface area contributed by atoms with Crippen LogP contribution in [0.25, 0.3) is 0 Å². The van der Waals surface area contributed by atoms with Crippen LogP contribution in [0.15, 0.2) is 36.4 Å². The van der Waals surface area contributed by atoms with Gasteiger partial charge in [0, 0.05) is 29.7 Å². The van der Waals surface area contributed by atoms with E-state index >= 15 is 0 Å². The Morgan fingerprint density at radius 1 is 1.08 bits per heavy atom. The minimum atomic E-state index is -0.113. The molecule has 2 amide bonds. The van der Waals surface area contributed by atoms with E-state index in [1.807, 2.05) is 37.3 Å². The highest BCUT2D eigenvalue weighted by Crippen LogP contribution is 2.32. The number of nitrogens with zero attached hydrogens (tertiary/aromatic N) is 1. The first-order valence-electron chi connectivity index (χ1n) is 8.41. The molecular weight excluding hydrogens is 375 g/mol. The summed E-state index contributed by atoms with van der Waals surface area (Å²) in [6.45, 7) is 3.80. The molecule has 0 spiro atoms. The highest BCUT2D eigenvalue weighted by atomic mass is 35.5. The third kappa shape index (κ3) is 4.74. The quantitative estimate of drug-likeness (QED) is 0.784. The smallest absolute Gasteiger partial charge is 0.317 e. The van der Waals surface area contributed by atoms with Crippen LogP contribution in [0.4, 0.5) is 4.79 Å². The van der Waals surface area contributed by atoms with E-state index in [-0.39, 0.29) is 12.8 Å². The SMILES string of the molecule is CCN(Cc1ccc2c(c1)OCO2)C(=O)NCCc1cc(Cl)cc(Cl)c1. The first-order chi connectivity index (χ1) is 12.5. The summed E-state index contributed by atoms with van der Waals surface area (Å²) >= 11 is 12.0. The van der Waals surface area contributed by atoms with Crippen LogP contribution in [0.2, 0.25) is 10.0 Å². The lowest BCUT2D eigenvalue weighted by Gasteiger charge is -2.21. The van der Waals surface area contributed by atoms with Crippen LogP contribution < -0.4 is 14.8 Å². The molecular formula is C19H20Cl2N2O3. The van der Waals surface area contributed by atoms with Gasteiger partial charge in [0.05, 0.1) is 0 Å². The maximum absolute atomic E-state index is 12.4. The van der Waals surface area contributed by atoms with Gasteiger partial charge in [-0.05, 0) is 54.8 Å². The number of fused-ring (bicyclic) bond motifs is 1. The maximum Gasteiger partial charge on any atom is 0.317 e. The average Bonchev–Trinajstić information content (AvgIpc) is 3.06. The van der Waals surface area contributed by atoms with Crippen molar-refractivity contribution in [2.75, 3.05) is 19.9 Å². The molecule has 1 aliphatic rings. The summed E-state index contributed by atoms with van der Waals surface area (Å²) in [5.74, 6) is 1.46. The van der Waals surface area contributed by atoms with Crippen LogP contribution in [0.5, 0.6) is 11.5 Å². The number of amides is 2. The van der Waals surface area contributed by atoms with Crippen molar-refractivity contribution < 1.29 is 14.3 Å². The fourth-order valence-corrected chi connectivity index (χ4v) is 3.34. The topological polar surface area (TPSA) is 50.8 Å². The lowest BCUT2D eigenvalue weighted by molar-refractivity contribution is 0.173. The lowest BCUT2D eigenvalue weighted by atomic mass is 10.1. The predicted molar refractivity (Wildman–Crippen MR) is 102 cm³/mol. The zero-order valence-corrected chi connectivity index (χ0v) is 15.9. The standard InChI is InChI=1S/C19H20Cl2N2O3/c1-2-23(11-14-3-4-17-18(9-14)26-12-25-17)19(24)22-6-5-13-7-15(20)10-16(21)8-13/h3-4,7-10H,2,5-6,11-12H2,1H3,(H,22,24). The number of hydrogen-bond donors (Lipinski definition) is 1. The molecule has 138 valence electrons. The third-order valence-electron chi connectivity index (χ3n) is 4.09. The van der Waals surface area contributed by atoms with Crippen molar-refractivity contribution in [3.8, 4) is 11.5 Å². The number of urea groups is 1. The van der Waals surface area contributed by atoms with Crippen molar-refractivity contribution in [3.63, 3.8) is 0 Å². The number of hydrogen-bond acceptors (Lipinski definition) is 3. The Morgan fingerprint density at radius 3 is 2.54 bits per heavy atom. The number of carbonyl (C=O) groups excluding carboxylic acids is 1. The second-order valence-corrected chi connectivity index (χ2v) is 6.83. The summed E-state index contributed by atoms with van der Waals surface area (Å²) in [6.07, 6.45) is 0.660. The van der Waals surface area contributed by atoms with Gasteiger partial charge in [-0.1, -0.05) is 29.3 Å². The highest BCUT2D eigenvalue weighted by molar-refractivity contribution is 6.34. The van der Waals surface area contributed by atoms with E-state index in [2.05, 4.69) is 5.32 Å². The molecule has 1 N–H and O–H groups in total. The van der Waals surface area contributed by atoms with Gasteiger partial charge in [-0.15, -0.1) is 0 Å². The lowest BCUT2D eigenvalue weighted by Crippen LogP contribution is -2.40. The molecule has 1 aliphatic heterocycles. The van der Waals surface area contributed by atoms with Crippen LogP contribution in [-0.4, -0.2) is 30.8 Å². The Morgan fingerprint density at radius 2 is 1.81 bits per heavy atom. The van der Waals surface area contributed by atoms with Crippen molar-refractivity contribution in [2.45, 2.75) is 19.9 Å². The van der Waals surface area contributed by atoms with Crippen molar-refractivity contribution in [3.05, 3.63) is 57.6 Å². The second kappa shape index (κ2) is 8.52. The van der Waals surface area contributed by atoms with Crippen LogP contribution in [0.1, 0.15) is 18.1 Å². The largest absolute Gasteiger partial charge is 0.454 e. The third-order valence-corrected chi connectivity index (χ3v) is 4.53. The summed E-state index contributed by atoms with van der Waals surface area (Å²) in [7, 11) is 0. The predicted octanol–water partition coefficient (Wildman–Crippen LogP) is 4.50. The number of rotatable bonds is 6. The Bertz CT molecular complexity index is 778. The molecule has 0 saturated heterocycles. The van der Waals surface area contributed by atoms with Crippen LogP contribution in [0, 0.1) is 0 Å². The molecule has 2 aromatic carbocycles. The minimum Gasteiger partial charge on any atom is -0.454 e. The summed E-state index contributed by atoms with van der Waals surface area (Å²) in [5.41, 5.74) is 1.98. The Balaban J connectivity index is 1.53. The number of carbonyl (C=O) groups is 1. The van der Waals surface area contributed by atoms with Crippen molar-refractivity contribution in [1.29, 1.82) is 0 Å². The van der Waals surface area contributed by atoms with Crippen LogP contribution in [-0.2, 0) is 13.0 Å². The average molecular weight is 395 g/mol. The summed E-state index contributed by atoms with van der Waals surface area (Å²) in [6, 6.07) is 11.0. The number of halogens is 2. The van der Waals surface area contributed by atoms with Gasteiger partial charge in [-0.2, -0.15) is 0 Å². The molecule has 0 atom stereocenters. The van der Waals surface area contributed by atoms with Gasteiger partial charge >= 0.3 is 6.03 Å². The van der Waals surface area contributed by atoms with Gasteiger partial charge in [-0.25, -0.2) is 4.79 Å². The van der Waals surface area contributed by atoms with Crippen molar-refractivity contribution >= 4 is 29.2 Å². The molecule has 0 radical (unpaired) electrons. The van der Waals surface area contributed by atoms with Gasteiger partial charge in [0.25, 0.3) is 0 Å². The molecule has 5 nitrogen and oxygen atoms in total. The first kappa shape index (κ1) is 18.7. The number of benzene rings is 2. The molecule has 3 rings (SSSR count). The summed E-state index contributed by atoms with van der Waals surface area (Å²) < 4.78 is 10.7. The molecule has 0 aromatic heterocycles. The number of nitrogens with one attached hydrogen (secondary N) is 1. The van der Waals surface area contributed by atoms with Gasteiger partial charge < -0.3 is 19.7 Å². The molecule has 7 heteroatoms. The summed E-state index contributed by atoms with van der Waals surface area (Å²) in [4.78, 5) is 14.2. The first-order valence-corrected chi connectivity index (χ1v) is 9.17. The van der Waals surface area contributed by atoms with E-state index < -0.39 is 0 Å². The Labute approximate surface area is 162 Å². The van der Waals surface area contributed by atoms with Gasteiger partial charge in [0.2, 0.25) is 6.79 Å². The monoisotopic (exact) mass is 394 g/mol. The normalized spacial score (nSPS) is 12.1. The van der Waals surface area contributed by atoms with E-state index in [1.165, 1.54) is 0 Å². The van der Waals surface area contributed by atoms with Gasteiger partial charge in [0.1, 0.15) is 0 Å². The molecule has 0 unspecified atom stereocenters. The Hall–Kier alpha value is -2.11. The van der Waals surface area contributed by atoms with Crippen molar-refractivity contribution in [2.24, 2.45) is 0 Å². The summed E-state index contributed by atoms with van der Waals surface area (Å²) in [5, 5.41) is 4.13. The Kier molecular flexibility index (Phi) is 6.12. The highest BCUT2D eigenvalue weighted by Gasteiger charge is 2.16. The number of ether oxygens (including phenoxy) is 2. The minimum absolute atomic E-state index is 0.113. The molecule has 26 heavy (non-hydrogen) atoms. The zero-order valence-electron chi connectivity index (χ0n) is 14.4. The molecule has 1 heterocycles. The van der Waals surface area contributed by atoms with E-state index in [0.29, 0.717) is 36.1 Å². The molecule has 0 bridgehead atoms. The zero-order chi connectivity index (χ0) is 18.5. The van der Waals surface area contributed by atoms with Gasteiger partial charge in [-0.3, -0.25) is 0 Å². The maximum atomic E-state index is 12.4. The fourth-order valence-electron chi connectivity index (χ4n) is 2.77. The van der Waals surface area contributed by atoms with Crippen molar-refractivity contribution in [1.82, 2.24) is 10.2 Å².